The van der Waals surface area contributed by atoms with Crippen LogP contribution in [0.4, 0.5) is 5.69 Å². The van der Waals surface area contributed by atoms with Gasteiger partial charge >= 0.3 is 0 Å². The number of para-hydroxylation sites is 2. The smallest absolute Gasteiger partial charge is 0.262 e. The summed E-state index contributed by atoms with van der Waals surface area (Å²) < 4.78 is 6.95. The Morgan fingerprint density at radius 2 is 1.87 bits per heavy atom. The highest BCUT2D eigenvalue weighted by Gasteiger charge is 2.12. The number of halogens is 1. The standard InChI is InChI=1S/C24H24BrN3O2/c1-17-8-3-5-12-22(17)27-18(2)24(29)28-26-15-20-10-4-6-13-23(20)30-16-19-9-7-11-21(25)14-19/h3-15,18,27H,16H2,1-2H3,(H,28,29)/b26-15-/t18-/m1/s1. The Labute approximate surface area is 185 Å². The molecule has 0 fully saturated rings. The SMILES string of the molecule is Cc1ccccc1N[C@H](C)C(=O)N/N=C\c1ccccc1OCc1cccc(Br)c1. The van der Waals surface area contributed by atoms with Gasteiger partial charge in [0.25, 0.3) is 5.91 Å². The fourth-order valence-corrected chi connectivity index (χ4v) is 3.25. The van der Waals surface area contributed by atoms with Crippen molar-refractivity contribution in [2.24, 2.45) is 5.10 Å². The van der Waals surface area contributed by atoms with E-state index >= 15 is 0 Å². The van der Waals surface area contributed by atoms with Gasteiger partial charge in [0.1, 0.15) is 18.4 Å². The molecular formula is C24H24BrN3O2. The highest BCUT2D eigenvalue weighted by Crippen LogP contribution is 2.19. The van der Waals surface area contributed by atoms with Gasteiger partial charge in [0.05, 0.1) is 6.21 Å². The molecule has 3 aromatic carbocycles. The van der Waals surface area contributed by atoms with Crippen LogP contribution in [0, 0.1) is 6.92 Å². The van der Waals surface area contributed by atoms with Gasteiger partial charge in [-0.3, -0.25) is 4.79 Å². The van der Waals surface area contributed by atoms with Crippen LogP contribution in [-0.2, 0) is 11.4 Å². The molecule has 2 N–H and O–H groups in total. The third kappa shape index (κ3) is 6.19. The fraction of sp³-hybridized carbons (Fsp3) is 0.167. The molecule has 0 heterocycles. The van der Waals surface area contributed by atoms with Crippen LogP contribution in [0.3, 0.4) is 0 Å². The monoisotopic (exact) mass is 465 g/mol. The molecule has 154 valence electrons. The number of aryl methyl sites for hydroxylation is 1. The predicted octanol–water partition coefficient (Wildman–Crippen LogP) is 5.29. The molecule has 6 heteroatoms. The van der Waals surface area contributed by atoms with Crippen molar-refractivity contribution in [1.29, 1.82) is 0 Å². The average Bonchev–Trinajstić information content (AvgIpc) is 2.74. The van der Waals surface area contributed by atoms with Gasteiger partial charge in [-0.2, -0.15) is 5.10 Å². The van der Waals surface area contributed by atoms with E-state index in [9.17, 15) is 4.79 Å². The molecule has 3 aromatic rings. The number of amides is 1. The summed E-state index contributed by atoms with van der Waals surface area (Å²) in [6.45, 7) is 4.23. The molecule has 3 rings (SSSR count). The lowest BCUT2D eigenvalue weighted by molar-refractivity contribution is -0.121. The van der Waals surface area contributed by atoms with Crippen LogP contribution >= 0.6 is 15.9 Å². The molecule has 30 heavy (non-hydrogen) atoms. The number of nitrogens with zero attached hydrogens (tertiary/aromatic N) is 1. The first-order valence-electron chi connectivity index (χ1n) is 9.64. The molecule has 0 radical (unpaired) electrons. The van der Waals surface area contributed by atoms with Gasteiger partial charge in [-0.25, -0.2) is 5.43 Å². The van der Waals surface area contributed by atoms with E-state index in [0.29, 0.717) is 12.4 Å². The molecule has 0 aromatic heterocycles. The number of hydrogen-bond donors (Lipinski definition) is 2. The number of carbonyl (C=O) groups excluding carboxylic acids is 1. The molecule has 0 unspecified atom stereocenters. The lowest BCUT2D eigenvalue weighted by atomic mass is 10.2. The number of hydrogen-bond acceptors (Lipinski definition) is 4. The number of anilines is 1. The molecule has 0 bridgehead atoms. The molecule has 1 amide bonds. The van der Waals surface area contributed by atoms with Gasteiger partial charge in [-0.15, -0.1) is 0 Å². The van der Waals surface area contributed by atoms with E-state index in [1.54, 1.807) is 13.1 Å². The summed E-state index contributed by atoms with van der Waals surface area (Å²) >= 11 is 3.46. The zero-order valence-corrected chi connectivity index (χ0v) is 18.5. The van der Waals surface area contributed by atoms with E-state index in [-0.39, 0.29) is 5.91 Å². The third-order valence-electron chi connectivity index (χ3n) is 4.49. The largest absolute Gasteiger partial charge is 0.488 e. The van der Waals surface area contributed by atoms with Crippen LogP contribution in [0.5, 0.6) is 5.75 Å². The predicted molar refractivity (Wildman–Crippen MR) is 125 cm³/mol. The van der Waals surface area contributed by atoms with Crippen LogP contribution in [0.25, 0.3) is 0 Å². The lowest BCUT2D eigenvalue weighted by Gasteiger charge is -2.15. The first kappa shape index (κ1) is 21.6. The normalized spacial score (nSPS) is 11.8. The number of carbonyl (C=O) groups is 1. The number of benzene rings is 3. The minimum Gasteiger partial charge on any atom is -0.488 e. The van der Waals surface area contributed by atoms with E-state index in [0.717, 1.165) is 26.9 Å². The van der Waals surface area contributed by atoms with Crippen molar-refractivity contribution < 1.29 is 9.53 Å². The Bertz CT molecular complexity index is 1040. The second-order valence-corrected chi connectivity index (χ2v) is 7.79. The van der Waals surface area contributed by atoms with Crippen molar-refractivity contribution in [2.75, 3.05) is 5.32 Å². The van der Waals surface area contributed by atoms with Gasteiger partial charge in [0.2, 0.25) is 0 Å². The summed E-state index contributed by atoms with van der Waals surface area (Å²) in [5, 5.41) is 7.30. The number of nitrogens with one attached hydrogen (secondary N) is 2. The average molecular weight is 466 g/mol. The Morgan fingerprint density at radius 3 is 2.67 bits per heavy atom. The van der Waals surface area contributed by atoms with E-state index in [2.05, 4.69) is 31.8 Å². The van der Waals surface area contributed by atoms with Gasteiger partial charge in [0.15, 0.2) is 0 Å². The van der Waals surface area contributed by atoms with Crippen molar-refractivity contribution in [3.05, 3.63) is 94.0 Å². The molecule has 5 nitrogen and oxygen atoms in total. The summed E-state index contributed by atoms with van der Waals surface area (Å²) in [6.07, 6.45) is 1.59. The maximum atomic E-state index is 12.4. The number of rotatable bonds is 8. The number of hydrazone groups is 1. The zero-order valence-electron chi connectivity index (χ0n) is 16.9. The topological polar surface area (TPSA) is 62.7 Å². The van der Waals surface area contributed by atoms with E-state index in [1.807, 2.05) is 79.7 Å². The van der Waals surface area contributed by atoms with Crippen LogP contribution < -0.4 is 15.5 Å². The van der Waals surface area contributed by atoms with Crippen LogP contribution in [0.15, 0.2) is 82.4 Å². The van der Waals surface area contributed by atoms with Crippen molar-refractivity contribution >= 4 is 33.7 Å². The molecule has 0 aliphatic carbocycles. The minimum atomic E-state index is -0.425. The summed E-state index contributed by atoms with van der Waals surface area (Å²) in [5.41, 5.74) is 6.43. The number of ether oxygens (including phenoxy) is 1. The van der Waals surface area contributed by atoms with Crippen molar-refractivity contribution in [3.8, 4) is 5.75 Å². The van der Waals surface area contributed by atoms with Crippen LogP contribution in [-0.4, -0.2) is 18.2 Å². The second kappa shape index (κ2) is 10.6. The first-order valence-corrected chi connectivity index (χ1v) is 10.4. The molecule has 0 saturated heterocycles. The van der Waals surface area contributed by atoms with Crippen molar-refractivity contribution in [3.63, 3.8) is 0 Å². The lowest BCUT2D eigenvalue weighted by Crippen LogP contribution is -2.35. The molecule has 0 spiro atoms. The van der Waals surface area contributed by atoms with E-state index in [4.69, 9.17) is 4.74 Å². The zero-order chi connectivity index (χ0) is 21.3. The van der Waals surface area contributed by atoms with Gasteiger partial charge < -0.3 is 10.1 Å². The van der Waals surface area contributed by atoms with Crippen LogP contribution in [0.2, 0.25) is 0 Å². The Morgan fingerprint density at radius 1 is 1.10 bits per heavy atom. The Kier molecular flexibility index (Phi) is 7.63. The molecule has 1 atom stereocenters. The highest BCUT2D eigenvalue weighted by atomic mass is 79.9. The molecule has 0 aliphatic rings. The van der Waals surface area contributed by atoms with Gasteiger partial charge in [-0.1, -0.05) is 58.4 Å². The minimum absolute atomic E-state index is 0.220. The van der Waals surface area contributed by atoms with Crippen molar-refractivity contribution in [1.82, 2.24) is 5.43 Å². The van der Waals surface area contributed by atoms with Gasteiger partial charge in [0, 0.05) is 15.7 Å². The second-order valence-electron chi connectivity index (χ2n) is 6.87. The summed E-state index contributed by atoms with van der Waals surface area (Å²) in [5.74, 6) is 0.476. The third-order valence-corrected chi connectivity index (χ3v) is 4.98. The quantitative estimate of drug-likeness (QED) is 0.351. The van der Waals surface area contributed by atoms with Crippen molar-refractivity contribution in [2.45, 2.75) is 26.5 Å². The summed E-state index contributed by atoms with van der Waals surface area (Å²) in [6, 6.07) is 22.9. The Hall–Kier alpha value is -3.12. The molecule has 0 saturated carbocycles. The Balaban J connectivity index is 1.58. The first-order chi connectivity index (χ1) is 14.5. The van der Waals surface area contributed by atoms with Gasteiger partial charge in [-0.05, 0) is 55.3 Å². The fourth-order valence-electron chi connectivity index (χ4n) is 2.80. The summed E-state index contributed by atoms with van der Waals surface area (Å²) in [7, 11) is 0. The summed E-state index contributed by atoms with van der Waals surface area (Å²) in [4.78, 5) is 12.4. The van der Waals surface area contributed by atoms with E-state index in [1.165, 1.54) is 0 Å². The maximum Gasteiger partial charge on any atom is 0.262 e. The molecule has 0 aliphatic heterocycles. The van der Waals surface area contributed by atoms with Crippen LogP contribution in [0.1, 0.15) is 23.6 Å². The molecular weight excluding hydrogens is 442 g/mol. The highest BCUT2D eigenvalue weighted by molar-refractivity contribution is 9.10. The van der Waals surface area contributed by atoms with E-state index < -0.39 is 6.04 Å². The maximum absolute atomic E-state index is 12.4.